The first-order chi connectivity index (χ1) is 6.65. The third-order valence-corrected chi connectivity index (χ3v) is 3.47. The van der Waals surface area contributed by atoms with E-state index in [1.807, 2.05) is 7.05 Å². The maximum atomic E-state index is 9.32. The molecule has 0 aromatic rings. The molecule has 2 atom stereocenters. The van der Waals surface area contributed by atoms with Crippen molar-refractivity contribution in [3.8, 4) is 0 Å². The molecule has 0 saturated carbocycles. The number of hydrogen-bond donors (Lipinski definition) is 2. The Labute approximate surface area is 87.5 Å². The molecule has 0 spiro atoms. The molecule has 0 amide bonds. The second kappa shape index (κ2) is 5.10. The molecule has 84 valence electrons. The Morgan fingerprint density at radius 3 is 2.79 bits per heavy atom. The van der Waals surface area contributed by atoms with Gasteiger partial charge in [0.1, 0.15) is 0 Å². The summed E-state index contributed by atoms with van der Waals surface area (Å²) in [5.74, 6) is 0. The molecular formula is C11H24N2O. The first-order valence-electron chi connectivity index (χ1n) is 5.69. The predicted molar refractivity (Wildman–Crippen MR) is 59.4 cm³/mol. The summed E-state index contributed by atoms with van der Waals surface area (Å²) in [5, 5.41) is 12.5. The Morgan fingerprint density at radius 1 is 1.57 bits per heavy atom. The summed E-state index contributed by atoms with van der Waals surface area (Å²) in [7, 11) is 1.92. The van der Waals surface area contributed by atoms with Crippen LogP contribution in [0.3, 0.4) is 0 Å². The van der Waals surface area contributed by atoms with Gasteiger partial charge in [0.2, 0.25) is 0 Å². The van der Waals surface area contributed by atoms with Gasteiger partial charge in [0.25, 0.3) is 0 Å². The van der Waals surface area contributed by atoms with E-state index in [-0.39, 0.29) is 12.1 Å². The quantitative estimate of drug-likeness (QED) is 0.690. The van der Waals surface area contributed by atoms with Crippen molar-refractivity contribution in [3.05, 3.63) is 0 Å². The molecule has 0 bridgehead atoms. The SMILES string of the molecule is CCC1CCCN1CC(C)(CO)NC. The highest BCUT2D eigenvalue weighted by Gasteiger charge is 2.30. The van der Waals surface area contributed by atoms with E-state index in [0.29, 0.717) is 0 Å². The molecule has 0 aliphatic carbocycles. The van der Waals surface area contributed by atoms with Crippen molar-refractivity contribution in [1.82, 2.24) is 10.2 Å². The smallest absolute Gasteiger partial charge is 0.0623 e. The zero-order valence-electron chi connectivity index (χ0n) is 9.71. The van der Waals surface area contributed by atoms with E-state index in [0.717, 1.165) is 12.6 Å². The fourth-order valence-electron chi connectivity index (χ4n) is 2.22. The summed E-state index contributed by atoms with van der Waals surface area (Å²) in [6, 6.07) is 0.731. The summed E-state index contributed by atoms with van der Waals surface area (Å²) in [6.07, 6.45) is 3.86. The van der Waals surface area contributed by atoms with Crippen LogP contribution in [0.4, 0.5) is 0 Å². The Bertz CT molecular complexity index is 169. The maximum Gasteiger partial charge on any atom is 0.0623 e. The van der Waals surface area contributed by atoms with Gasteiger partial charge in [-0.1, -0.05) is 6.92 Å². The lowest BCUT2D eigenvalue weighted by Crippen LogP contribution is -2.53. The lowest BCUT2D eigenvalue weighted by atomic mass is 10.0. The fourth-order valence-corrected chi connectivity index (χ4v) is 2.22. The number of rotatable bonds is 5. The number of likely N-dealkylation sites (tertiary alicyclic amines) is 1. The van der Waals surface area contributed by atoms with Crippen molar-refractivity contribution in [2.24, 2.45) is 0 Å². The first-order valence-corrected chi connectivity index (χ1v) is 5.69. The molecule has 1 aliphatic heterocycles. The summed E-state index contributed by atoms with van der Waals surface area (Å²) >= 11 is 0. The summed E-state index contributed by atoms with van der Waals surface area (Å²) < 4.78 is 0. The van der Waals surface area contributed by atoms with Crippen LogP contribution in [0.1, 0.15) is 33.1 Å². The minimum absolute atomic E-state index is 0.141. The van der Waals surface area contributed by atoms with Crippen molar-refractivity contribution < 1.29 is 5.11 Å². The zero-order chi connectivity index (χ0) is 10.6. The number of nitrogens with zero attached hydrogens (tertiary/aromatic N) is 1. The Hall–Kier alpha value is -0.120. The second-order valence-electron chi connectivity index (χ2n) is 4.64. The molecule has 1 rings (SSSR count). The molecular weight excluding hydrogens is 176 g/mol. The average Bonchev–Trinajstić information content (AvgIpc) is 2.65. The third kappa shape index (κ3) is 2.69. The number of aliphatic hydroxyl groups is 1. The van der Waals surface area contributed by atoms with E-state index in [2.05, 4.69) is 24.1 Å². The monoisotopic (exact) mass is 200 g/mol. The molecule has 3 heteroatoms. The molecule has 2 N–H and O–H groups in total. The fraction of sp³-hybridized carbons (Fsp3) is 1.00. The van der Waals surface area contributed by atoms with Crippen molar-refractivity contribution in [2.45, 2.75) is 44.7 Å². The highest BCUT2D eigenvalue weighted by molar-refractivity contribution is 4.89. The lowest BCUT2D eigenvalue weighted by molar-refractivity contribution is 0.118. The molecule has 14 heavy (non-hydrogen) atoms. The number of hydrogen-bond acceptors (Lipinski definition) is 3. The highest BCUT2D eigenvalue weighted by atomic mass is 16.3. The molecule has 1 fully saturated rings. The van der Waals surface area contributed by atoms with Gasteiger partial charge in [-0.25, -0.2) is 0 Å². The van der Waals surface area contributed by atoms with Gasteiger partial charge in [-0.3, -0.25) is 4.90 Å². The van der Waals surface area contributed by atoms with E-state index in [4.69, 9.17) is 0 Å². The van der Waals surface area contributed by atoms with Gasteiger partial charge in [0, 0.05) is 12.6 Å². The van der Waals surface area contributed by atoms with Crippen LogP contribution in [0.25, 0.3) is 0 Å². The van der Waals surface area contributed by atoms with Gasteiger partial charge in [-0.2, -0.15) is 0 Å². The van der Waals surface area contributed by atoms with Gasteiger partial charge in [-0.15, -0.1) is 0 Å². The Kier molecular flexibility index (Phi) is 4.35. The van der Waals surface area contributed by atoms with Gasteiger partial charge < -0.3 is 10.4 Å². The molecule has 1 heterocycles. The van der Waals surface area contributed by atoms with E-state index in [1.54, 1.807) is 0 Å². The van der Waals surface area contributed by atoms with Crippen LogP contribution in [0, 0.1) is 0 Å². The molecule has 1 aliphatic rings. The second-order valence-corrected chi connectivity index (χ2v) is 4.64. The van der Waals surface area contributed by atoms with Gasteiger partial charge >= 0.3 is 0 Å². The van der Waals surface area contributed by atoms with Gasteiger partial charge in [0.15, 0.2) is 0 Å². The summed E-state index contributed by atoms with van der Waals surface area (Å²) in [4.78, 5) is 2.51. The molecule has 0 aromatic heterocycles. The van der Waals surface area contributed by atoms with E-state index in [1.165, 1.54) is 25.8 Å². The molecule has 0 aromatic carbocycles. The number of likely N-dealkylation sites (N-methyl/N-ethyl adjacent to an activating group) is 1. The Morgan fingerprint density at radius 2 is 2.29 bits per heavy atom. The van der Waals surface area contributed by atoms with Gasteiger partial charge in [-0.05, 0) is 39.8 Å². The van der Waals surface area contributed by atoms with E-state index >= 15 is 0 Å². The van der Waals surface area contributed by atoms with Gasteiger partial charge in [0.05, 0.1) is 12.1 Å². The average molecular weight is 200 g/mol. The van der Waals surface area contributed by atoms with Crippen LogP contribution in [-0.4, -0.2) is 48.3 Å². The van der Waals surface area contributed by atoms with Crippen LogP contribution in [0.5, 0.6) is 0 Å². The van der Waals surface area contributed by atoms with Crippen LogP contribution in [0.15, 0.2) is 0 Å². The Balaban J connectivity index is 2.49. The van der Waals surface area contributed by atoms with Crippen LogP contribution >= 0.6 is 0 Å². The van der Waals surface area contributed by atoms with Crippen molar-refractivity contribution in [3.63, 3.8) is 0 Å². The first kappa shape index (κ1) is 12.0. The normalized spacial score (nSPS) is 27.9. The van der Waals surface area contributed by atoms with Crippen molar-refractivity contribution in [1.29, 1.82) is 0 Å². The largest absolute Gasteiger partial charge is 0.394 e. The summed E-state index contributed by atoms with van der Waals surface area (Å²) in [5.41, 5.74) is -0.141. The summed E-state index contributed by atoms with van der Waals surface area (Å²) in [6.45, 7) is 6.68. The number of nitrogens with one attached hydrogen (secondary N) is 1. The molecule has 1 saturated heterocycles. The molecule has 0 radical (unpaired) electrons. The van der Waals surface area contributed by atoms with E-state index < -0.39 is 0 Å². The minimum atomic E-state index is -0.141. The highest BCUT2D eigenvalue weighted by Crippen LogP contribution is 2.21. The molecule has 2 unspecified atom stereocenters. The van der Waals surface area contributed by atoms with Crippen LogP contribution < -0.4 is 5.32 Å². The van der Waals surface area contributed by atoms with E-state index in [9.17, 15) is 5.11 Å². The van der Waals surface area contributed by atoms with Crippen molar-refractivity contribution in [2.75, 3.05) is 26.7 Å². The zero-order valence-corrected chi connectivity index (χ0v) is 9.71. The standard InChI is InChI=1S/C11H24N2O/c1-4-10-6-5-7-13(10)8-11(2,9-14)12-3/h10,12,14H,4-9H2,1-3H3. The third-order valence-electron chi connectivity index (χ3n) is 3.47. The lowest BCUT2D eigenvalue weighted by Gasteiger charge is -2.34. The van der Waals surface area contributed by atoms with Crippen LogP contribution in [0.2, 0.25) is 0 Å². The van der Waals surface area contributed by atoms with Crippen molar-refractivity contribution >= 4 is 0 Å². The predicted octanol–water partition coefficient (Wildman–Crippen LogP) is 0.831. The topological polar surface area (TPSA) is 35.5 Å². The maximum absolute atomic E-state index is 9.32. The minimum Gasteiger partial charge on any atom is -0.394 e. The number of aliphatic hydroxyl groups excluding tert-OH is 1. The van der Waals surface area contributed by atoms with Crippen LogP contribution in [-0.2, 0) is 0 Å². The molecule has 3 nitrogen and oxygen atoms in total.